The van der Waals surface area contributed by atoms with Crippen LogP contribution in [0.25, 0.3) is 21.9 Å². The highest BCUT2D eigenvalue weighted by atomic mass is 32.2. The Labute approximate surface area is 182 Å². The fourth-order valence-corrected chi connectivity index (χ4v) is 6.74. The maximum absolute atomic E-state index is 13.0. The van der Waals surface area contributed by atoms with Crippen LogP contribution in [0.3, 0.4) is 0 Å². The first-order valence-corrected chi connectivity index (χ1v) is 12.6. The van der Waals surface area contributed by atoms with Gasteiger partial charge < -0.3 is 9.72 Å². The van der Waals surface area contributed by atoms with Crippen molar-refractivity contribution < 1.29 is 13.2 Å². The maximum Gasteiger partial charge on any atom is 0.227 e. The van der Waals surface area contributed by atoms with E-state index in [0.717, 1.165) is 55.3 Å². The van der Waals surface area contributed by atoms with Crippen molar-refractivity contribution in [1.29, 1.82) is 0 Å². The van der Waals surface area contributed by atoms with Crippen LogP contribution >= 0.6 is 0 Å². The zero-order valence-corrected chi connectivity index (χ0v) is 18.6. The highest BCUT2D eigenvalue weighted by molar-refractivity contribution is 7.89. The number of fused-ring (bicyclic) bond motifs is 3. The van der Waals surface area contributed by atoms with Gasteiger partial charge in [-0.2, -0.15) is 4.31 Å². The third-order valence-electron chi connectivity index (χ3n) is 6.76. The van der Waals surface area contributed by atoms with E-state index in [9.17, 15) is 8.42 Å². The van der Waals surface area contributed by atoms with Gasteiger partial charge in [-0.25, -0.2) is 18.4 Å². The topological polar surface area (TPSA) is 91.4 Å². The quantitative estimate of drug-likeness (QED) is 0.652. The van der Waals surface area contributed by atoms with Gasteiger partial charge in [-0.1, -0.05) is 0 Å². The van der Waals surface area contributed by atoms with Crippen LogP contribution in [0.2, 0.25) is 0 Å². The Morgan fingerprint density at radius 1 is 1.16 bits per heavy atom. The van der Waals surface area contributed by atoms with E-state index in [1.165, 1.54) is 10.9 Å². The smallest absolute Gasteiger partial charge is 0.227 e. The van der Waals surface area contributed by atoms with E-state index in [1.54, 1.807) is 17.6 Å². The molecule has 0 spiro atoms. The average Bonchev–Trinajstić information content (AvgIpc) is 3.28. The molecule has 2 saturated heterocycles. The molecule has 0 radical (unpaired) electrons. The van der Waals surface area contributed by atoms with E-state index < -0.39 is 10.0 Å². The summed E-state index contributed by atoms with van der Waals surface area (Å²) in [5.74, 6) is 0.491. The standard InChI is InChI=1S/C22H29N5O3S/c1-30-17-3-2-10-27(14-17)31(28,29)15-26-11-6-16(7-12-26)18-4-8-23-20-13-25-22-19(21(18)20)5-9-24-22/h4-5,8-9,13,16-17,23H,2-3,6-7,10-12,14-15H2,1H3. The molecule has 8 nitrogen and oxygen atoms in total. The summed E-state index contributed by atoms with van der Waals surface area (Å²) in [6.07, 6.45) is 9.30. The minimum absolute atomic E-state index is 0.00873. The predicted octanol–water partition coefficient (Wildman–Crippen LogP) is 2.69. The van der Waals surface area contributed by atoms with Crippen LogP contribution in [-0.4, -0.2) is 77.8 Å². The third kappa shape index (κ3) is 4.07. The SMILES string of the molecule is COC1CCCN(S(=O)(=O)CN2CCC(c3cc[nH]c4cnc5nccc5c34)CC2)C1. The second-order valence-corrected chi connectivity index (χ2v) is 10.6. The number of H-pyrrole nitrogens is 1. The third-order valence-corrected chi connectivity index (χ3v) is 8.57. The summed E-state index contributed by atoms with van der Waals surface area (Å²) in [4.78, 5) is 14.2. The first-order valence-electron chi connectivity index (χ1n) is 11.0. The van der Waals surface area contributed by atoms with Gasteiger partial charge in [0, 0.05) is 43.4 Å². The summed E-state index contributed by atoms with van der Waals surface area (Å²) in [7, 11) is -1.65. The van der Waals surface area contributed by atoms with Gasteiger partial charge >= 0.3 is 0 Å². The average molecular weight is 444 g/mol. The predicted molar refractivity (Wildman–Crippen MR) is 120 cm³/mol. The highest BCUT2D eigenvalue weighted by Gasteiger charge is 2.32. The number of aromatic nitrogens is 3. The molecule has 0 saturated carbocycles. The molecule has 1 unspecified atom stereocenters. The van der Waals surface area contributed by atoms with E-state index >= 15 is 0 Å². The summed E-state index contributed by atoms with van der Waals surface area (Å²) in [6.45, 7) is 2.63. The van der Waals surface area contributed by atoms with Crippen LogP contribution in [0.4, 0.5) is 0 Å². The van der Waals surface area contributed by atoms with Gasteiger partial charge in [0.05, 0.1) is 17.8 Å². The molecule has 2 aliphatic heterocycles. The number of pyridine rings is 2. The van der Waals surface area contributed by atoms with Crippen molar-refractivity contribution in [3.8, 4) is 0 Å². The summed E-state index contributed by atoms with van der Waals surface area (Å²) < 4.78 is 33.0. The molecular weight excluding hydrogens is 414 g/mol. The Morgan fingerprint density at radius 3 is 2.81 bits per heavy atom. The van der Waals surface area contributed by atoms with E-state index in [1.807, 2.05) is 18.5 Å². The lowest BCUT2D eigenvalue weighted by Gasteiger charge is -2.36. The second-order valence-electron chi connectivity index (χ2n) is 8.65. The van der Waals surface area contributed by atoms with Gasteiger partial charge in [0.15, 0.2) is 5.65 Å². The minimum atomic E-state index is -3.31. The molecule has 31 heavy (non-hydrogen) atoms. The molecular formula is C22H29N5O3S. The van der Waals surface area contributed by atoms with Crippen LogP contribution in [-0.2, 0) is 14.8 Å². The number of aromatic amines is 1. The van der Waals surface area contributed by atoms with Crippen LogP contribution in [0.15, 0.2) is 30.7 Å². The molecule has 0 aromatic carbocycles. The van der Waals surface area contributed by atoms with E-state index in [2.05, 4.69) is 25.9 Å². The van der Waals surface area contributed by atoms with Crippen molar-refractivity contribution in [2.75, 3.05) is 39.2 Å². The van der Waals surface area contributed by atoms with Crippen molar-refractivity contribution >= 4 is 32.0 Å². The molecule has 0 amide bonds. The van der Waals surface area contributed by atoms with Crippen LogP contribution in [0, 0.1) is 0 Å². The molecule has 0 aliphatic carbocycles. The van der Waals surface area contributed by atoms with Gasteiger partial charge in [-0.05, 0) is 62.4 Å². The largest absolute Gasteiger partial charge is 0.380 e. The minimum Gasteiger partial charge on any atom is -0.380 e. The lowest BCUT2D eigenvalue weighted by Crippen LogP contribution is -2.47. The molecule has 3 aromatic heterocycles. The molecule has 5 rings (SSSR count). The van der Waals surface area contributed by atoms with Gasteiger partial charge in [-0.3, -0.25) is 4.90 Å². The zero-order chi connectivity index (χ0) is 21.4. The number of piperidine rings is 2. The maximum atomic E-state index is 13.0. The number of nitrogens with one attached hydrogen (secondary N) is 1. The normalized spacial score (nSPS) is 22.4. The number of sulfonamides is 1. The Morgan fingerprint density at radius 2 is 2.00 bits per heavy atom. The number of hydrogen-bond acceptors (Lipinski definition) is 6. The lowest BCUT2D eigenvalue weighted by atomic mass is 9.87. The Balaban J connectivity index is 1.29. The lowest BCUT2D eigenvalue weighted by molar-refractivity contribution is 0.0566. The fourth-order valence-electron chi connectivity index (χ4n) is 5.06. The van der Waals surface area contributed by atoms with Gasteiger partial charge in [-0.15, -0.1) is 0 Å². The molecule has 2 fully saturated rings. The summed E-state index contributed by atoms with van der Waals surface area (Å²) in [5.41, 5.74) is 3.09. The van der Waals surface area contributed by atoms with Gasteiger partial charge in [0.25, 0.3) is 0 Å². The van der Waals surface area contributed by atoms with Crippen LogP contribution in [0.5, 0.6) is 0 Å². The monoisotopic (exact) mass is 443 g/mol. The number of methoxy groups -OCH3 is 1. The fraction of sp³-hybridized carbons (Fsp3) is 0.545. The van der Waals surface area contributed by atoms with Crippen molar-refractivity contribution in [3.63, 3.8) is 0 Å². The molecule has 0 bridgehead atoms. The zero-order valence-electron chi connectivity index (χ0n) is 17.8. The Kier molecular flexibility index (Phi) is 5.68. The number of likely N-dealkylation sites (tertiary alicyclic amines) is 1. The first kappa shape index (κ1) is 20.8. The van der Waals surface area contributed by atoms with E-state index in [0.29, 0.717) is 19.0 Å². The molecule has 9 heteroatoms. The number of ether oxygens (including phenoxy) is 1. The first-order chi connectivity index (χ1) is 15.0. The van der Waals surface area contributed by atoms with Crippen molar-refractivity contribution in [2.45, 2.75) is 37.7 Å². The molecule has 5 heterocycles. The van der Waals surface area contributed by atoms with Crippen LogP contribution in [0.1, 0.15) is 37.2 Å². The van der Waals surface area contributed by atoms with Gasteiger partial charge in [0.2, 0.25) is 10.0 Å². The molecule has 3 aromatic rings. The van der Waals surface area contributed by atoms with Crippen molar-refractivity contribution in [1.82, 2.24) is 24.2 Å². The number of nitrogens with zero attached hydrogens (tertiary/aromatic N) is 4. The number of rotatable bonds is 5. The second kappa shape index (κ2) is 8.46. The van der Waals surface area contributed by atoms with Crippen LogP contribution < -0.4 is 0 Å². The summed E-state index contributed by atoms with van der Waals surface area (Å²) in [6, 6.07) is 4.18. The Hall–Kier alpha value is -2.07. The molecule has 1 N–H and O–H groups in total. The van der Waals surface area contributed by atoms with Gasteiger partial charge in [0.1, 0.15) is 5.88 Å². The Bertz CT molecular complexity index is 1170. The van der Waals surface area contributed by atoms with Crippen molar-refractivity contribution in [2.24, 2.45) is 0 Å². The molecule has 166 valence electrons. The van der Waals surface area contributed by atoms with Crippen molar-refractivity contribution in [3.05, 3.63) is 36.3 Å². The van der Waals surface area contributed by atoms with E-state index in [-0.39, 0.29) is 12.0 Å². The molecule has 1 atom stereocenters. The summed E-state index contributed by atoms with van der Waals surface area (Å²) in [5, 5.41) is 2.27. The summed E-state index contributed by atoms with van der Waals surface area (Å²) >= 11 is 0. The van der Waals surface area contributed by atoms with E-state index in [4.69, 9.17) is 4.74 Å². The number of hydrogen-bond donors (Lipinski definition) is 1. The molecule has 2 aliphatic rings. The highest BCUT2D eigenvalue weighted by Crippen LogP contribution is 2.35.